The standard InChI is InChI=1S/C13H18OS/c1-9-7-12(10(2)15-9)13(14)8-11-5-3-4-6-11/h7,11H,3-6,8H2,1-2H3. The lowest BCUT2D eigenvalue weighted by Gasteiger charge is -2.06. The minimum absolute atomic E-state index is 0.365. The van der Waals surface area contributed by atoms with Crippen molar-refractivity contribution in [3.05, 3.63) is 21.4 Å². The summed E-state index contributed by atoms with van der Waals surface area (Å²) < 4.78 is 0. The molecule has 0 aromatic carbocycles. The maximum atomic E-state index is 12.0. The molecular formula is C13H18OS. The van der Waals surface area contributed by atoms with E-state index in [1.807, 2.05) is 0 Å². The molecule has 15 heavy (non-hydrogen) atoms. The van der Waals surface area contributed by atoms with Crippen LogP contribution in [-0.4, -0.2) is 5.78 Å². The number of hydrogen-bond acceptors (Lipinski definition) is 2. The van der Waals surface area contributed by atoms with Gasteiger partial charge in [0.05, 0.1) is 0 Å². The number of carbonyl (C=O) groups is 1. The lowest BCUT2D eigenvalue weighted by Crippen LogP contribution is -2.05. The zero-order valence-electron chi connectivity index (χ0n) is 9.51. The number of rotatable bonds is 3. The summed E-state index contributed by atoms with van der Waals surface area (Å²) in [5.74, 6) is 1.03. The van der Waals surface area contributed by atoms with Crippen molar-refractivity contribution in [2.45, 2.75) is 46.0 Å². The molecule has 0 amide bonds. The van der Waals surface area contributed by atoms with Crippen LogP contribution in [0, 0.1) is 19.8 Å². The minimum atomic E-state index is 0.365. The van der Waals surface area contributed by atoms with Gasteiger partial charge in [-0.3, -0.25) is 4.79 Å². The van der Waals surface area contributed by atoms with Gasteiger partial charge in [-0.15, -0.1) is 11.3 Å². The van der Waals surface area contributed by atoms with E-state index >= 15 is 0 Å². The third-order valence-electron chi connectivity index (χ3n) is 3.29. The van der Waals surface area contributed by atoms with Gasteiger partial charge in [0.15, 0.2) is 5.78 Å². The van der Waals surface area contributed by atoms with E-state index in [1.165, 1.54) is 35.4 Å². The first-order chi connectivity index (χ1) is 7.16. The Morgan fingerprint density at radius 3 is 2.60 bits per heavy atom. The summed E-state index contributed by atoms with van der Waals surface area (Å²) in [5.41, 5.74) is 0.976. The molecule has 0 radical (unpaired) electrons. The lowest BCUT2D eigenvalue weighted by molar-refractivity contribution is 0.0962. The van der Waals surface area contributed by atoms with Gasteiger partial charge in [-0.05, 0) is 25.8 Å². The van der Waals surface area contributed by atoms with Crippen molar-refractivity contribution < 1.29 is 4.79 Å². The van der Waals surface area contributed by atoms with Gasteiger partial charge in [-0.1, -0.05) is 25.7 Å². The number of Topliss-reactive ketones (excluding diaryl/α,β-unsaturated/α-hetero) is 1. The van der Waals surface area contributed by atoms with Crippen molar-refractivity contribution >= 4 is 17.1 Å². The fourth-order valence-corrected chi connectivity index (χ4v) is 3.44. The highest BCUT2D eigenvalue weighted by atomic mass is 32.1. The molecule has 0 N–H and O–H groups in total. The predicted molar refractivity (Wildman–Crippen MR) is 64.7 cm³/mol. The number of ketones is 1. The molecule has 2 rings (SSSR count). The zero-order valence-corrected chi connectivity index (χ0v) is 10.3. The van der Waals surface area contributed by atoms with Crippen LogP contribution >= 0.6 is 11.3 Å². The molecule has 82 valence electrons. The molecule has 1 heterocycles. The van der Waals surface area contributed by atoms with E-state index in [0.29, 0.717) is 11.7 Å². The third-order valence-corrected chi connectivity index (χ3v) is 4.26. The van der Waals surface area contributed by atoms with E-state index < -0.39 is 0 Å². The van der Waals surface area contributed by atoms with Crippen molar-refractivity contribution in [1.29, 1.82) is 0 Å². The van der Waals surface area contributed by atoms with Crippen molar-refractivity contribution in [2.24, 2.45) is 5.92 Å². The van der Waals surface area contributed by atoms with E-state index in [9.17, 15) is 4.79 Å². The number of carbonyl (C=O) groups excluding carboxylic acids is 1. The maximum Gasteiger partial charge on any atom is 0.164 e. The zero-order chi connectivity index (χ0) is 10.8. The third kappa shape index (κ3) is 2.49. The summed E-state index contributed by atoms with van der Waals surface area (Å²) >= 11 is 1.73. The van der Waals surface area contributed by atoms with Crippen molar-refractivity contribution in [3.63, 3.8) is 0 Å². The van der Waals surface area contributed by atoms with Crippen LogP contribution in [0.2, 0.25) is 0 Å². The Hall–Kier alpha value is -0.630. The Kier molecular flexibility index (Phi) is 3.25. The fourth-order valence-electron chi connectivity index (χ4n) is 2.49. The van der Waals surface area contributed by atoms with Gasteiger partial charge in [-0.25, -0.2) is 0 Å². The van der Waals surface area contributed by atoms with Crippen LogP contribution in [-0.2, 0) is 0 Å². The summed E-state index contributed by atoms with van der Waals surface area (Å²) in [4.78, 5) is 14.5. The van der Waals surface area contributed by atoms with Crippen LogP contribution in [0.15, 0.2) is 6.07 Å². The molecule has 0 saturated heterocycles. The Morgan fingerprint density at radius 2 is 2.07 bits per heavy atom. The predicted octanol–water partition coefficient (Wildman–Crippen LogP) is 4.13. The highest BCUT2D eigenvalue weighted by molar-refractivity contribution is 7.12. The highest BCUT2D eigenvalue weighted by Gasteiger charge is 2.20. The molecule has 1 aromatic heterocycles. The Bertz CT molecular complexity index is 359. The molecule has 1 nitrogen and oxygen atoms in total. The van der Waals surface area contributed by atoms with E-state index in [-0.39, 0.29) is 0 Å². The topological polar surface area (TPSA) is 17.1 Å². The SMILES string of the molecule is Cc1cc(C(=O)CC2CCCC2)c(C)s1. The molecule has 1 aliphatic carbocycles. The van der Waals surface area contributed by atoms with Gasteiger partial charge in [0.1, 0.15) is 0 Å². The molecule has 0 unspecified atom stereocenters. The normalized spacial score (nSPS) is 17.2. The fraction of sp³-hybridized carbons (Fsp3) is 0.615. The summed E-state index contributed by atoms with van der Waals surface area (Å²) in [5, 5.41) is 0. The van der Waals surface area contributed by atoms with Gasteiger partial charge in [0, 0.05) is 21.7 Å². The van der Waals surface area contributed by atoms with E-state index in [0.717, 1.165) is 12.0 Å². The summed E-state index contributed by atoms with van der Waals surface area (Å²) in [7, 11) is 0. The van der Waals surface area contributed by atoms with E-state index in [4.69, 9.17) is 0 Å². The first-order valence-electron chi connectivity index (χ1n) is 5.77. The lowest BCUT2D eigenvalue weighted by atomic mass is 9.97. The highest BCUT2D eigenvalue weighted by Crippen LogP contribution is 2.30. The van der Waals surface area contributed by atoms with Crippen LogP contribution < -0.4 is 0 Å². The molecule has 0 spiro atoms. The second-order valence-corrected chi connectivity index (χ2v) is 6.07. The van der Waals surface area contributed by atoms with E-state index in [2.05, 4.69) is 19.9 Å². The maximum absolute atomic E-state index is 12.0. The Balaban J connectivity index is 2.03. The van der Waals surface area contributed by atoms with Gasteiger partial charge in [0.2, 0.25) is 0 Å². The molecule has 1 fully saturated rings. The molecular weight excluding hydrogens is 204 g/mol. The first-order valence-corrected chi connectivity index (χ1v) is 6.58. The first kappa shape index (κ1) is 10.9. The second-order valence-electron chi connectivity index (χ2n) is 4.60. The molecule has 0 bridgehead atoms. The van der Waals surface area contributed by atoms with Crippen LogP contribution in [0.1, 0.15) is 52.2 Å². The van der Waals surface area contributed by atoms with Crippen molar-refractivity contribution in [3.8, 4) is 0 Å². The second kappa shape index (κ2) is 4.48. The minimum Gasteiger partial charge on any atom is -0.294 e. The van der Waals surface area contributed by atoms with Crippen molar-refractivity contribution in [1.82, 2.24) is 0 Å². The average Bonchev–Trinajstić information content (AvgIpc) is 2.75. The molecule has 0 aliphatic heterocycles. The number of hydrogen-bond donors (Lipinski definition) is 0. The van der Waals surface area contributed by atoms with E-state index in [1.54, 1.807) is 11.3 Å². The molecule has 0 atom stereocenters. The molecule has 1 aliphatic rings. The van der Waals surface area contributed by atoms with Crippen LogP contribution in [0.4, 0.5) is 0 Å². The molecule has 2 heteroatoms. The van der Waals surface area contributed by atoms with Crippen LogP contribution in [0.5, 0.6) is 0 Å². The average molecular weight is 222 g/mol. The smallest absolute Gasteiger partial charge is 0.164 e. The van der Waals surface area contributed by atoms with Gasteiger partial charge in [0.25, 0.3) is 0 Å². The Labute approximate surface area is 95.5 Å². The monoisotopic (exact) mass is 222 g/mol. The quantitative estimate of drug-likeness (QED) is 0.703. The Morgan fingerprint density at radius 1 is 1.40 bits per heavy atom. The van der Waals surface area contributed by atoms with Gasteiger partial charge >= 0.3 is 0 Å². The summed E-state index contributed by atoms with van der Waals surface area (Å²) in [6, 6.07) is 2.05. The van der Waals surface area contributed by atoms with Gasteiger partial charge in [-0.2, -0.15) is 0 Å². The number of thiophene rings is 1. The summed E-state index contributed by atoms with van der Waals surface area (Å²) in [6.45, 7) is 4.13. The molecule has 1 saturated carbocycles. The van der Waals surface area contributed by atoms with Gasteiger partial charge < -0.3 is 0 Å². The summed E-state index contributed by atoms with van der Waals surface area (Å²) in [6.07, 6.45) is 5.93. The number of aryl methyl sites for hydroxylation is 2. The molecule has 1 aromatic rings. The van der Waals surface area contributed by atoms with Crippen LogP contribution in [0.25, 0.3) is 0 Å². The van der Waals surface area contributed by atoms with Crippen LogP contribution in [0.3, 0.4) is 0 Å². The van der Waals surface area contributed by atoms with Crippen molar-refractivity contribution in [2.75, 3.05) is 0 Å². The largest absolute Gasteiger partial charge is 0.294 e.